The predicted octanol–water partition coefficient (Wildman–Crippen LogP) is 2.48. The van der Waals surface area contributed by atoms with Gasteiger partial charge in [0.1, 0.15) is 11.3 Å². The van der Waals surface area contributed by atoms with E-state index in [2.05, 4.69) is 10.2 Å². The van der Waals surface area contributed by atoms with Crippen molar-refractivity contribution in [1.29, 1.82) is 0 Å². The van der Waals surface area contributed by atoms with Crippen LogP contribution < -0.4 is 15.0 Å². The van der Waals surface area contributed by atoms with Crippen LogP contribution in [-0.4, -0.2) is 50.4 Å². The van der Waals surface area contributed by atoms with E-state index in [4.69, 9.17) is 9.47 Å². The van der Waals surface area contributed by atoms with Crippen LogP contribution in [-0.2, 0) is 4.74 Å². The normalized spacial score (nSPS) is 14.0. The second kappa shape index (κ2) is 7.88. The van der Waals surface area contributed by atoms with E-state index in [1.54, 1.807) is 6.07 Å². The van der Waals surface area contributed by atoms with E-state index in [0.717, 1.165) is 18.8 Å². The van der Waals surface area contributed by atoms with Gasteiger partial charge in [0.25, 0.3) is 5.91 Å². The number of morpholine rings is 1. The molecule has 0 radical (unpaired) electrons. The zero-order valence-electron chi connectivity index (χ0n) is 14.4. The average Bonchev–Trinajstić information content (AvgIpc) is 2.68. The Kier molecular flexibility index (Phi) is 5.38. The lowest BCUT2D eigenvalue weighted by molar-refractivity contribution is 0.0693. The first-order valence-corrected chi connectivity index (χ1v) is 8.24. The topological polar surface area (TPSA) is 88.1 Å². The Morgan fingerprint density at radius 3 is 2.50 bits per heavy atom. The number of hydrogen-bond donors (Lipinski definition) is 2. The molecule has 2 N–H and O–H groups in total. The van der Waals surface area contributed by atoms with Crippen LogP contribution in [0.4, 0.5) is 11.4 Å². The van der Waals surface area contributed by atoms with Gasteiger partial charge >= 0.3 is 5.97 Å². The quantitative estimate of drug-likeness (QED) is 0.856. The number of para-hydroxylation sites is 1. The summed E-state index contributed by atoms with van der Waals surface area (Å²) in [6, 6.07) is 12.0. The number of rotatable bonds is 5. The van der Waals surface area contributed by atoms with Crippen molar-refractivity contribution in [2.75, 3.05) is 43.6 Å². The Morgan fingerprint density at radius 2 is 1.81 bits per heavy atom. The monoisotopic (exact) mass is 356 g/mol. The van der Waals surface area contributed by atoms with Gasteiger partial charge in [-0.15, -0.1) is 0 Å². The average molecular weight is 356 g/mol. The molecule has 1 saturated heterocycles. The molecule has 26 heavy (non-hydrogen) atoms. The summed E-state index contributed by atoms with van der Waals surface area (Å²) in [5.74, 6) is -1.53. The lowest BCUT2D eigenvalue weighted by Crippen LogP contribution is -2.36. The van der Waals surface area contributed by atoms with Crippen LogP contribution in [0.1, 0.15) is 20.7 Å². The van der Waals surface area contributed by atoms with Crippen molar-refractivity contribution in [3.63, 3.8) is 0 Å². The Balaban J connectivity index is 1.82. The Morgan fingerprint density at radius 1 is 1.12 bits per heavy atom. The first kappa shape index (κ1) is 17.8. The summed E-state index contributed by atoms with van der Waals surface area (Å²) in [6.45, 7) is 2.95. The number of carboxylic acid groups (broad SMARTS) is 1. The molecular weight excluding hydrogens is 336 g/mol. The molecule has 1 aliphatic heterocycles. The van der Waals surface area contributed by atoms with Crippen molar-refractivity contribution in [2.24, 2.45) is 0 Å². The minimum atomic E-state index is -1.15. The largest absolute Gasteiger partial charge is 0.495 e. The van der Waals surface area contributed by atoms with Gasteiger partial charge in [-0.2, -0.15) is 0 Å². The van der Waals surface area contributed by atoms with E-state index in [1.165, 1.54) is 25.3 Å². The number of carbonyl (C=O) groups is 2. The molecule has 0 unspecified atom stereocenters. The van der Waals surface area contributed by atoms with Crippen LogP contribution in [0, 0.1) is 0 Å². The maximum absolute atomic E-state index is 12.6. The highest BCUT2D eigenvalue weighted by molar-refractivity contribution is 6.08. The minimum absolute atomic E-state index is 0.0434. The van der Waals surface area contributed by atoms with Crippen molar-refractivity contribution in [2.45, 2.75) is 0 Å². The standard InChI is InChI=1S/C19H20N2O5/c1-25-17-15(6-3-7-16(17)19(23)24)18(22)20-13-4-2-5-14(12-13)21-8-10-26-11-9-21/h2-7,12H,8-11H2,1H3,(H,20,22)(H,23,24). The van der Waals surface area contributed by atoms with Gasteiger partial charge in [-0.3, -0.25) is 4.79 Å². The van der Waals surface area contributed by atoms with Crippen LogP contribution >= 0.6 is 0 Å². The number of benzene rings is 2. The third-order valence-electron chi connectivity index (χ3n) is 4.17. The smallest absolute Gasteiger partial charge is 0.339 e. The van der Waals surface area contributed by atoms with Gasteiger partial charge in [0.05, 0.1) is 25.9 Å². The van der Waals surface area contributed by atoms with Gasteiger partial charge in [0.2, 0.25) is 0 Å². The van der Waals surface area contributed by atoms with Gasteiger partial charge in [0.15, 0.2) is 0 Å². The van der Waals surface area contributed by atoms with Crippen LogP contribution in [0.2, 0.25) is 0 Å². The summed E-state index contributed by atoms with van der Waals surface area (Å²) in [5, 5.41) is 12.1. The Bertz CT molecular complexity index is 815. The molecule has 3 rings (SSSR count). The van der Waals surface area contributed by atoms with Crippen molar-refractivity contribution in [3.8, 4) is 5.75 Å². The van der Waals surface area contributed by atoms with Gasteiger partial charge in [0, 0.05) is 24.5 Å². The van der Waals surface area contributed by atoms with Crippen molar-refractivity contribution >= 4 is 23.3 Å². The number of aromatic carboxylic acids is 1. The number of carboxylic acids is 1. The molecule has 7 heteroatoms. The second-order valence-corrected chi connectivity index (χ2v) is 5.80. The van der Waals surface area contributed by atoms with Crippen LogP contribution in [0.15, 0.2) is 42.5 Å². The lowest BCUT2D eigenvalue weighted by atomic mass is 10.1. The molecule has 0 aromatic heterocycles. The number of methoxy groups -OCH3 is 1. The fraction of sp³-hybridized carbons (Fsp3) is 0.263. The third-order valence-corrected chi connectivity index (χ3v) is 4.17. The number of nitrogens with zero attached hydrogens (tertiary/aromatic N) is 1. The summed E-state index contributed by atoms with van der Waals surface area (Å²) in [6.07, 6.45) is 0. The predicted molar refractivity (Wildman–Crippen MR) is 97.4 cm³/mol. The highest BCUT2D eigenvalue weighted by Gasteiger charge is 2.20. The second-order valence-electron chi connectivity index (χ2n) is 5.80. The van der Waals surface area contributed by atoms with E-state index >= 15 is 0 Å². The molecule has 2 aromatic rings. The number of ether oxygens (including phenoxy) is 2. The molecule has 0 aliphatic carbocycles. The molecule has 136 valence electrons. The fourth-order valence-electron chi connectivity index (χ4n) is 2.90. The van der Waals surface area contributed by atoms with E-state index in [-0.39, 0.29) is 16.9 Å². The molecule has 0 saturated carbocycles. The highest BCUT2D eigenvalue weighted by atomic mass is 16.5. The maximum Gasteiger partial charge on any atom is 0.339 e. The molecule has 1 aliphatic rings. The van der Waals surface area contributed by atoms with Crippen molar-refractivity contribution in [1.82, 2.24) is 0 Å². The Hall–Kier alpha value is -3.06. The summed E-state index contributed by atoms with van der Waals surface area (Å²) >= 11 is 0. The molecule has 2 aromatic carbocycles. The van der Waals surface area contributed by atoms with Crippen molar-refractivity contribution in [3.05, 3.63) is 53.6 Å². The van der Waals surface area contributed by atoms with Crippen LogP contribution in [0.25, 0.3) is 0 Å². The van der Waals surface area contributed by atoms with E-state index < -0.39 is 11.9 Å². The first-order chi connectivity index (χ1) is 12.6. The molecule has 1 heterocycles. The van der Waals surface area contributed by atoms with E-state index in [0.29, 0.717) is 18.9 Å². The van der Waals surface area contributed by atoms with Gasteiger partial charge in [-0.1, -0.05) is 12.1 Å². The molecule has 1 amide bonds. The molecule has 0 atom stereocenters. The third kappa shape index (κ3) is 3.78. The van der Waals surface area contributed by atoms with E-state index in [1.807, 2.05) is 18.2 Å². The Labute approximate surface area is 151 Å². The number of hydrogen-bond acceptors (Lipinski definition) is 5. The lowest BCUT2D eigenvalue weighted by Gasteiger charge is -2.29. The minimum Gasteiger partial charge on any atom is -0.495 e. The number of nitrogens with one attached hydrogen (secondary N) is 1. The zero-order valence-corrected chi connectivity index (χ0v) is 14.4. The molecule has 0 bridgehead atoms. The SMILES string of the molecule is COc1c(C(=O)O)cccc1C(=O)Nc1cccc(N2CCOCC2)c1. The summed E-state index contributed by atoms with van der Waals surface area (Å²) < 4.78 is 10.5. The highest BCUT2D eigenvalue weighted by Crippen LogP contribution is 2.26. The summed E-state index contributed by atoms with van der Waals surface area (Å²) in [4.78, 5) is 26.1. The zero-order chi connectivity index (χ0) is 18.5. The van der Waals surface area contributed by atoms with Gasteiger partial charge in [-0.25, -0.2) is 4.79 Å². The van der Waals surface area contributed by atoms with Crippen LogP contribution in [0.5, 0.6) is 5.75 Å². The number of amides is 1. The maximum atomic E-state index is 12.6. The molecule has 1 fully saturated rings. The number of carbonyl (C=O) groups excluding carboxylic acids is 1. The van der Waals surface area contributed by atoms with Gasteiger partial charge in [-0.05, 0) is 30.3 Å². The number of anilines is 2. The fourth-order valence-corrected chi connectivity index (χ4v) is 2.90. The summed E-state index contributed by atoms with van der Waals surface area (Å²) in [7, 11) is 1.34. The summed E-state index contributed by atoms with van der Waals surface area (Å²) in [5.41, 5.74) is 1.74. The first-order valence-electron chi connectivity index (χ1n) is 8.24. The molecule has 0 spiro atoms. The van der Waals surface area contributed by atoms with E-state index in [9.17, 15) is 14.7 Å². The van der Waals surface area contributed by atoms with Crippen molar-refractivity contribution < 1.29 is 24.2 Å². The van der Waals surface area contributed by atoms with Gasteiger partial charge < -0.3 is 24.8 Å². The molecular formula is C19H20N2O5. The van der Waals surface area contributed by atoms with Crippen LogP contribution in [0.3, 0.4) is 0 Å². The molecule has 7 nitrogen and oxygen atoms in total.